The number of hydrogen-bond acceptors (Lipinski definition) is 4. The highest BCUT2D eigenvalue weighted by Crippen LogP contribution is 2.65. The first-order valence-corrected chi connectivity index (χ1v) is 20.2. The maximum atomic E-state index is 7.03. The third-order valence-corrected chi connectivity index (χ3v) is 12.8. The largest absolute Gasteiger partial charge is 0.456 e. The molecule has 0 fully saturated rings. The third-order valence-electron chi connectivity index (χ3n) is 12.8. The van der Waals surface area contributed by atoms with Gasteiger partial charge in [-0.3, -0.25) is 0 Å². The Morgan fingerprint density at radius 1 is 0.534 bits per heavy atom. The fraction of sp³-hybridized carbons (Fsp3) is 0.0926. The van der Waals surface area contributed by atoms with Crippen molar-refractivity contribution >= 4 is 22.4 Å². The molecule has 4 nitrogen and oxygen atoms in total. The van der Waals surface area contributed by atoms with Crippen LogP contribution in [-0.4, -0.2) is 15.0 Å². The molecule has 1 spiro atoms. The number of hydrogen-bond donors (Lipinski definition) is 0. The molecule has 2 heterocycles. The zero-order chi connectivity index (χ0) is 38.2. The molecule has 0 N–H and O–H groups in total. The molecule has 58 heavy (non-hydrogen) atoms. The minimum atomic E-state index is -0.410. The van der Waals surface area contributed by atoms with E-state index in [1.54, 1.807) is 0 Å². The fourth-order valence-corrected chi connectivity index (χ4v) is 10.3. The second kappa shape index (κ2) is 12.9. The summed E-state index contributed by atoms with van der Waals surface area (Å²) in [7, 11) is 0. The molecule has 3 aliphatic carbocycles. The van der Waals surface area contributed by atoms with Gasteiger partial charge in [0.05, 0.1) is 5.41 Å². The summed E-state index contributed by atoms with van der Waals surface area (Å²) < 4.78 is 7.03. The van der Waals surface area contributed by atoms with Gasteiger partial charge in [-0.05, 0) is 75.2 Å². The number of rotatable bonds is 4. The first-order valence-electron chi connectivity index (χ1n) is 20.2. The number of fused-ring (bicyclic) bond motifs is 12. The van der Waals surface area contributed by atoms with Crippen molar-refractivity contribution in [2.24, 2.45) is 5.92 Å². The van der Waals surface area contributed by atoms with Gasteiger partial charge in [0.15, 0.2) is 17.5 Å². The van der Waals surface area contributed by atoms with Crippen LogP contribution in [0.2, 0.25) is 0 Å². The molecule has 1 aromatic heterocycles. The number of aromatic nitrogens is 3. The second-order valence-corrected chi connectivity index (χ2v) is 15.8. The number of aryl methyl sites for hydroxylation is 1. The highest BCUT2D eigenvalue weighted by molar-refractivity contribution is 5.93. The average molecular weight is 744 g/mol. The van der Waals surface area contributed by atoms with Gasteiger partial charge in [-0.2, -0.15) is 0 Å². The summed E-state index contributed by atoms with van der Waals surface area (Å²) in [4.78, 5) is 15.5. The van der Waals surface area contributed by atoms with Gasteiger partial charge >= 0.3 is 0 Å². The van der Waals surface area contributed by atoms with Crippen molar-refractivity contribution in [2.45, 2.75) is 24.2 Å². The van der Waals surface area contributed by atoms with E-state index in [9.17, 15) is 0 Å². The summed E-state index contributed by atoms with van der Waals surface area (Å²) >= 11 is 0. The van der Waals surface area contributed by atoms with Crippen molar-refractivity contribution < 1.29 is 4.74 Å². The zero-order valence-electron chi connectivity index (χ0n) is 31.7. The van der Waals surface area contributed by atoms with Crippen LogP contribution < -0.4 is 4.74 Å². The first kappa shape index (κ1) is 33.0. The van der Waals surface area contributed by atoms with Gasteiger partial charge in [-0.15, -0.1) is 0 Å². The molecular weight excluding hydrogens is 707 g/mol. The van der Waals surface area contributed by atoms with E-state index in [1.807, 2.05) is 18.2 Å². The highest BCUT2D eigenvalue weighted by Gasteiger charge is 2.56. The van der Waals surface area contributed by atoms with Gasteiger partial charge in [0.1, 0.15) is 11.5 Å². The van der Waals surface area contributed by atoms with Gasteiger partial charge < -0.3 is 4.74 Å². The molecule has 0 radical (unpaired) electrons. The van der Waals surface area contributed by atoms with Gasteiger partial charge in [-0.1, -0.05) is 170 Å². The van der Waals surface area contributed by atoms with E-state index in [1.165, 1.54) is 44.2 Å². The predicted octanol–water partition coefficient (Wildman–Crippen LogP) is 12.8. The van der Waals surface area contributed by atoms with Crippen molar-refractivity contribution in [1.82, 2.24) is 15.0 Å². The van der Waals surface area contributed by atoms with Crippen molar-refractivity contribution in [3.8, 4) is 45.4 Å². The van der Waals surface area contributed by atoms with Gasteiger partial charge in [0.25, 0.3) is 0 Å². The van der Waals surface area contributed by atoms with E-state index in [0.29, 0.717) is 11.6 Å². The molecule has 4 heteroatoms. The molecule has 0 saturated heterocycles. The van der Waals surface area contributed by atoms with Crippen LogP contribution in [0.4, 0.5) is 0 Å². The molecule has 0 saturated carbocycles. The van der Waals surface area contributed by atoms with E-state index in [0.717, 1.165) is 58.0 Å². The number of benzene rings is 7. The Hall–Kier alpha value is -7.17. The summed E-state index contributed by atoms with van der Waals surface area (Å²) in [6, 6.07) is 56.3. The zero-order valence-corrected chi connectivity index (χ0v) is 31.7. The molecule has 0 amide bonds. The Morgan fingerprint density at radius 3 is 2.17 bits per heavy atom. The fourth-order valence-electron chi connectivity index (χ4n) is 10.3. The SMILES string of the molecule is C1=CC2c3ccccc3C3(c4ccccc4Oc4c(-c5cccc(-c6nc(C7=Cc8ccc9ccccc9c8CC7)nc(-c7ccccc7)n6)c5)cccc43)C2C=C1. The first-order chi connectivity index (χ1) is 28.7. The van der Waals surface area contributed by atoms with Crippen LogP contribution in [0, 0.1) is 5.92 Å². The van der Waals surface area contributed by atoms with Gasteiger partial charge in [0.2, 0.25) is 0 Å². The molecule has 0 bridgehead atoms. The Labute approximate surface area is 337 Å². The average Bonchev–Trinajstić information content (AvgIpc) is 3.59. The number of ether oxygens (including phenoxy) is 1. The van der Waals surface area contributed by atoms with Crippen molar-refractivity contribution in [1.29, 1.82) is 0 Å². The quantitative estimate of drug-likeness (QED) is 0.180. The second-order valence-electron chi connectivity index (χ2n) is 15.8. The van der Waals surface area contributed by atoms with Crippen LogP contribution in [-0.2, 0) is 11.8 Å². The lowest BCUT2D eigenvalue weighted by molar-refractivity contribution is 0.375. The van der Waals surface area contributed by atoms with E-state index in [-0.39, 0.29) is 11.8 Å². The highest BCUT2D eigenvalue weighted by atomic mass is 16.5. The summed E-state index contributed by atoms with van der Waals surface area (Å²) in [5.74, 6) is 4.32. The molecule has 8 aromatic rings. The summed E-state index contributed by atoms with van der Waals surface area (Å²) in [5.41, 5.74) is 12.4. The van der Waals surface area contributed by atoms with E-state index in [4.69, 9.17) is 19.7 Å². The molecule has 7 aromatic carbocycles. The van der Waals surface area contributed by atoms with Crippen LogP contribution in [0.1, 0.15) is 51.5 Å². The minimum Gasteiger partial charge on any atom is -0.456 e. The number of nitrogens with zero attached hydrogens (tertiary/aromatic N) is 3. The lowest BCUT2D eigenvalue weighted by atomic mass is 9.61. The summed E-state index contributed by atoms with van der Waals surface area (Å²) in [6.45, 7) is 0. The standard InChI is InChI=1S/C54H37N3O/c1-2-15-35(16-3-1)51-55-52(57-53(56-51)39-30-31-41-37(33-39)29-28-34-14-4-5-19-40(34)41)38-18-12-17-36(32-38)42-22-13-26-48-50(42)58-49-27-11-10-25-47(49)54(48)45-23-8-6-20-43(45)44-21-7-9-24-46(44)54/h1-29,32-33,43,45H,30-31H2. The normalized spacial score (nSPS) is 19.4. The lowest BCUT2D eigenvalue weighted by Gasteiger charge is -2.43. The van der Waals surface area contributed by atoms with Crippen LogP contribution in [0.15, 0.2) is 182 Å². The Balaban J connectivity index is 1.01. The van der Waals surface area contributed by atoms with Gasteiger partial charge in [-0.25, -0.2) is 15.0 Å². The van der Waals surface area contributed by atoms with Crippen LogP contribution in [0.25, 0.3) is 56.3 Å². The van der Waals surface area contributed by atoms with Gasteiger partial charge in [0, 0.05) is 39.7 Å². The van der Waals surface area contributed by atoms with Crippen molar-refractivity contribution in [2.75, 3.05) is 0 Å². The number of allylic oxidation sites excluding steroid dienone is 5. The Kier molecular flexibility index (Phi) is 7.36. The van der Waals surface area contributed by atoms with Crippen molar-refractivity contribution in [3.63, 3.8) is 0 Å². The molecule has 274 valence electrons. The monoisotopic (exact) mass is 743 g/mol. The number of para-hydroxylation sites is 2. The van der Waals surface area contributed by atoms with E-state index in [2.05, 4.69) is 170 Å². The predicted molar refractivity (Wildman–Crippen MR) is 234 cm³/mol. The molecule has 12 rings (SSSR count). The van der Waals surface area contributed by atoms with Crippen LogP contribution >= 0.6 is 0 Å². The van der Waals surface area contributed by atoms with E-state index >= 15 is 0 Å². The molecule has 3 atom stereocenters. The molecular formula is C54H37N3O. The topological polar surface area (TPSA) is 47.9 Å². The maximum absolute atomic E-state index is 7.03. The van der Waals surface area contributed by atoms with E-state index < -0.39 is 5.41 Å². The molecule has 3 unspecified atom stereocenters. The molecule has 1 aliphatic heterocycles. The summed E-state index contributed by atoms with van der Waals surface area (Å²) in [6.07, 6.45) is 13.3. The van der Waals surface area contributed by atoms with Crippen LogP contribution in [0.5, 0.6) is 11.5 Å². The maximum Gasteiger partial charge on any atom is 0.164 e. The van der Waals surface area contributed by atoms with Crippen molar-refractivity contribution in [3.05, 3.63) is 221 Å². The Morgan fingerprint density at radius 2 is 1.24 bits per heavy atom. The minimum absolute atomic E-state index is 0.208. The lowest BCUT2D eigenvalue weighted by Crippen LogP contribution is -2.37. The van der Waals surface area contributed by atoms with Crippen LogP contribution in [0.3, 0.4) is 0 Å². The molecule has 4 aliphatic rings. The third kappa shape index (κ3) is 4.91. The Bertz CT molecular complexity index is 3070. The smallest absolute Gasteiger partial charge is 0.164 e. The summed E-state index contributed by atoms with van der Waals surface area (Å²) in [5, 5.41) is 2.59.